The molecule has 1 aromatic carbocycles. The normalized spacial score (nSPS) is 24.2. The van der Waals surface area contributed by atoms with E-state index in [0.717, 1.165) is 5.56 Å². The fraction of sp³-hybridized carbons (Fsp3) is 0.500. The third-order valence-corrected chi connectivity index (χ3v) is 2.71. The third kappa shape index (κ3) is 2.77. The Kier molecular flexibility index (Phi) is 3.51. The molecule has 1 saturated heterocycles. The van der Waals surface area contributed by atoms with Crippen LogP contribution in [0.15, 0.2) is 30.3 Å². The van der Waals surface area contributed by atoms with Gasteiger partial charge in [0, 0.05) is 0 Å². The molecule has 2 rings (SSSR count). The standard InChI is InChI=1S/C12H15F2NO/c13-12(14)9-15-7-6-11(12)16-8-10-4-2-1-3-5-10/h1-5,11,15H,6-9H2/t11-/m0/s1. The molecule has 1 heterocycles. The summed E-state index contributed by atoms with van der Waals surface area (Å²) in [5, 5.41) is 2.67. The smallest absolute Gasteiger partial charge is 0.285 e. The van der Waals surface area contributed by atoms with Crippen molar-refractivity contribution in [3.63, 3.8) is 0 Å². The number of ether oxygens (including phenoxy) is 1. The number of rotatable bonds is 3. The van der Waals surface area contributed by atoms with Crippen LogP contribution in [0.25, 0.3) is 0 Å². The molecule has 1 atom stereocenters. The maximum absolute atomic E-state index is 13.4. The Morgan fingerprint density at radius 3 is 2.75 bits per heavy atom. The van der Waals surface area contributed by atoms with Crippen molar-refractivity contribution in [3.05, 3.63) is 35.9 Å². The van der Waals surface area contributed by atoms with Crippen molar-refractivity contribution in [1.29, 1.82) is 0 Å². The van der Waals surface area contributed by atoms with Gasteiger partial charge in [-0.05, 0) is 18.5 Å². The minimum absolute atomic E-state index is 0.251. The first-order valence-corrected chi connectivity index (χ1v) is 5.42. The van der Waals surface area contributed by atoms with Crippen molar-refractivity contribution in [2.45, 2.75) is 25.1 Å². The number of alkyl halides is 2. The second kappa shape index (κ2) is 4.89. The number of piperidine rings is 1. The third-order valence-electron chi connectivity index (χ3n) is 2.71. The maximum Gasteiger partial charge on any atom is 0.285 e. The summed E-state index contributed by atoms with van der Waals surface area (Å²) < 4.78 is 32.1. The van der Waals surface area contributed by atoms with Crippen LogP contribution in [0.4, 0.5) is 8.78 Å². The van der Waals surface area contributed by atoms with Crippen LogP contribution in [0.3, 0.4) is 0 Å². The van der Waals surface area contributed by atoms with Gasteiger partial charge in [0.05, 0.1) is 13.2 Å². The molecular weight excluding hydrogens is 212 g/mol. The van der Waals surface area contributed by atoms with E-state index in [1.165, 1.54) is 0 Å². The zero-order valence-corrected chi connectivity index (χ0v) is 8.96. The Hall–Kier alpha value is -1.00. The van der Waals surface area contributed by atoms with E-state index in [-0.39, 0.29) is 13.2 Å². The summed E-state index contributed by atoms with van der Waals surface area (Å²) in [6.07, 6.45) is -0.603. The first-order chi connectivity index (χ1) is 7.68. The van der Waals surface area contributed by atoms with Gasteiger partial charge in [0.1, 0.15) is 6.10 Å². The van der Waals surface area contributed by atoms with E-state index in [9.17, 15) is 8.78 Å². The number of halogens is 2. The summed E-state index contributed by atoms with van der Waals surface area (Å²) in [5.74, 6) is -2.76. The largest absolute Gasteiger partial charge is 0.367 e. The van der Waals surface area contributed by atoms with Gasteiger partial charge in [0.25, 0.3) is 5.92 Å². The molecule has 0 unspecified atom stereocenters. The molecule has 0 saturated carbocycles. The molecule has 2 nitrogen and oxygen atoms in total. The van der Waals surface area contributed by atoms with Crippen molar-refractivity contribution >= 4 is 0 Å². The predicted molar refractivity (Wildman–Crippen MR) is 57.5 cm³/mol. The van der Waals surface area contributed by atoms with Crippen molar-refractivity contribution < 1.29 is 13.5 Å². The van der Waals surface area contributed by atoms with Crippen LogP contribution >= 0.6 is 0 Å². The molecule has 16 heavy (non-hydrogen) atoms. The first-order valence-electron chi connectivity index (χ1n) is 5.42. The zero-order valence-electron chi connectivity index (χ0n) is 8.96. The monoisotopic (exact) mass is 227 g/mol. The second-order valence-electron chi connectivity index (χ2n) is 4.01. The minimum atomic E-state index is -2.76. The van der Waals surface area contributed by atoms with Crippen LogP contribution in [0.1, 0.15) is 12.0 Å². The van der Waals surface area contributed by atoms with Crippen LogP contribution in [0.5, 0.6) is 0 Å². The van der Waals surface area contributed by atoms with Gasteiger partial charge >= 0.3 is 0 Å². The van der Waals surface area contributed by atoms with E-state index in [0.29, 0.717) is 13.0 Å². The van der Waals surface area contributed by atoms with Gasteiger partial charge in [0.2, 0.25) is 0 Å². The molecule has 1 N–H and O–H groups in total. The molecular formula is C12H15F2NO. The Labute approximate surface area is 93.6 Å². The second-order valence-corrected chi connectivity index (χ2v) is 4.01. The van der Waals surface area contributed by atoms with E-state index < -0.39 is 12.0 Å². The zero-order chi connectivity index (χ0) is 11.4. The van der Waals surface area contributed by atoms with E-state index in [1.807, 2.05) is 30.3 Å². The lowest BCUT2D eigenvalue weighted by molar-refractivity contribution is -0.153. The lowest BCUT2D eigenvalue weighted by atomic mass is 10.1. The molecule has 0 aliphatic carbocycles. The van der Waals surface area contributed by atoms with E-state index in [4.69, 9.17) is 4.74 Å². The first kappa shape index (κ1) is 11.5. The van der Waals surface area contributed by atoms with Gasteiger partial charge < -0.3 is 10.1 Å². The fourth-order valence-corrected chi connectivity index (χ4v) is 1.79. The van der Waals surface area contributed by atoms with Crippen molar-refractivity contribution in [1.82, 2.24) is 5.32 Å². The van der Waals surface area contributed by atoms with Crippen molar-refractivity contribution in [2.24, 2.45) is 0 Å². The molecule has 1 aromatic rings. The van der Waals surface area contributed by atoms with Crippen LogP contribution in [0.2, 0.25) is 0 Å². The van der Waals surface area contributed by atoms with Crippen molar-refractivity contribution in [2.75, 3.05) is 13.1 Å². The van der Waals surface area contributed by atoms with Crippen LogP contribution < -0.4 is 5.32 Å². The summed E-state index contributed by atoms with van der Waals surface area (Å²) >= 11 is 0. The molecule has 0 amide bonds. The molecule has 4 heteroatoms. The Morgan fingerprint density at radius 1 is 1.31 bits per heavy atom. The Morgan fingerprint density at radius 2 is 2.06 bits per heavy atom. The lowest BCUT2D eigenvalue weighted by Crippen LogP contribution is -2.50. The molecule has 0 aromatic heterocycles. The molecule has 0 bridgehead atoms. The highest BCUT2D eigenvalue weighted by Gasteiger charge is 2.42. The number of benzene rings is 1. The summed E-state index contributed by atoms with van der Waals surface area (Å²) in [4.78, 5) is 0. The highest BCUT2D eigenvalue weighted by atomic mass is 19.3. The molecule has 0 spiro atoms. The van der Waals surface area contributed by atoms with Crippen molar-refractivity contribution in [3.8, 4) is 0 Å². The van der Waals surface area contributed by atoms with E-state index >= 15 is 0 Å². The number of hydrogen-bond acceptors (Lipinski definition) is 2. The molecule has 1 fully saturated rings. The average Bonchev–Trinajstić information content (AvgIpc) is 2.28. The lowest BCUT2D eigenvalue weighted by Gasteiger charge is -2.31. The highest BCUT2D eigenvalue weighted by molar-refractivity contribution is 5.13. The Bertz CT molecular complexity index is 329. The number of hydrogen-bond donors (Lipinski definition) is 1. The Balaban J connectivity index is 1.90. The average molecular weight is 227 g/mol. The summed E-state index contributed by atoms with van der Waals surface area (Å²) in [7, 11) is 0. The molecule has 0 radical (unpaired) electrons. The van der Waals surface area contributed by atoms with Gasteiger partial charge in [-0.1, -0.05) is 30.3 Å². The van der Waals surface area contributed by atoms with E-state index in [2.05, 4.69) is 5.32 Å². The molecule has 1 aliphatic heterocycles. The quantitative estimate of drug-likeness (QED) is 0.854. The van der Waals surface area contributed by atoms with E-state index in [1.54, 1.807) is 0 Å². The van der Waals surface area contributed by atoms with Gasteiger partial charge in [-0.25, -0.2) is 8.78 Å². The molecule has 88 valence electrons. The predicted octanol–water partition coefficient (Wildman–Crippen LogP) is 2.20. The molecule has 1 aliphatic rings. The summed E-state index contributed by atoms with van der Waals surface area (Å²) in [5.41, 5.74) is 0.928. The van der Waals surface area contributed by atoms with Gasteiger partial charge in [-0.15, -0.1) is 0 Å². The van der Waals surface area contributed by atoms with Crippen LogP contribution in [-0.4, -0.2) is 25.1 Å². The summed E-state index contributed by atoms with van der Waals surface area (Å²) in [6, 6.07) is 9.39. The minimum Gasteiger partial charge on any atom is -0.367 e. The van der Waals surface area contributed by atoms with Gasteiger partial charge in [-0.3, -0.25) is 0 Å². The van der Waals surface area contributed by atoms with Crippen LogP contribution in [0, 0.1) is 0 Å². The topological polar surface area (TPSA) is 21.3 Å². The van der Waals surface area contributed by atoms with Gasteiger partial charge in [-0.2, -0.15) is 0 Å². The summed E-state index contributed by atoms with van der Waals surface area (Å²) in [6.45, 7) is 0.558. The van der Waals surface area contributed by atoms with Crippen LogP contribution in [-0.2, 0) is 11.3 Å². The fourth-order valence-electron chi connectivity index (χ4n) is 1.79. The van der Waals surface area contributed by atoms with Gasteiger partial charge in [0.15, 0.2) is 0 Å². The SMILES string of the molecule is FC1(F)CNCC[C@@H]1OCc1ccccc1. The maximum atomic E-state index is 13.4. The number of nitrogens with one attached hydrogen (secondary N) is 1. The highest BCUT2D eigenvalue weighted by Crippen LogP contribution is 2.26.